The Balaban J connectivity index is 1.98. The first-order valence-corrected chi connectivity index (χ1v) is 7.51. The summed E-state index contributed by atoms with van der Waals surface area (Å²) in [6.07, 6.45) is 1.08. The summed E-state index contributed by atoms with van der Waals surface area (Å²) in [6, 6.07) is 10.3. The highest BCUT2D eigenvalue weighted by molar-refractivity contribution is 6.40. The predicted octanol–water partition coefficient (Wildman–Crippen LogP) is 2.35. The van der Waals surface area contributed by atoms with Crippen molar-refractivity contribution in [3.63, 3.8) is 0 Å². The molecule has 0 saturated carbocycles. The molecule has 0 radical (unpaired) electrons. The van der Waals surface area contributed by atoms with Gasteiger partial charge in [-0.1, -0.05) is 23.7 Å². The Labute approximate surface area is 152 Å². The van der Waals surface area contributed by atoms with Crippen molar-refractivity contribution in [1.29, 1.82) is 0 Å². The van der Waals surface area contributed by atoms with E-state index in [1.807, 2.05) is 5.43 Å². The Morgan fingerprint density at radius 2 is 1.96 bits per heavy atom. The Hall–Kier alpha value is -3.46. The van der Waals surface area contributed by atoms with Crippen LogP contribution in [0.25, 0.3) is 0 Å². The molecule has 0 aliphatic heterocycles. The molecule has 2 amide bonds. The Bertz CT molecular complexity index is 885. The van der Waals surface area contributed by atoms with Crippen molar-refractivity contribution in [3.8, 4) is 5.75 Å². The molecule has 0 aliphatic carbocycles. The highest BCUT2D eigenvalue weighted by atomic mass is 35.5. The third-order valence-corrected chi connectivity index (χ3v) is 3.41. The van der Waals surface area contributed by atoms with E-state index in [0.29, 0.717) is 11.4 Å². The smallest absolute Gasteiger partial charge is 0.329 e. The van der Waals surface area contributed by atoms with Gasteiger partial charge in [-0.3, -0.25) is 19.7 Å². The SMILES string of the molecule is COc1ccc(NC(=O)C(=O)N/N=C\c2ccccc2[N+](=O)[O-])cc1Cl. The molecule has 2 aromatic rings. The maximum atomic E-state index is 11.8. The molecule has 0 heterocycles. The zero-order valence-electron chi connectivity index (χ0n) is 13.4. The van der Waals surface area contributed by atoms with Crippen LogP contribution in [0.15, 0.2) is 47.6 Å². The number of halogens is 1. The minimum atomic E-state index is -1.05. The van der Waals surface area contributed by atoms with E-state index >= 15 is 0 Å². The van der Waals surface area contributed by atoms with E-state index in [0.717, 1.165) is 6.21 Å². The van der Waals surface area contributed by atoms with Crippen LogP contribution in [0, 0.1) is 10.1 Å². The normalized spacial score (nSPS) is 10.4. The fraction of sp³-hybridized carbons (Fsp3) is 0.0625. The van der Waals surface area contributed by atoms with Crippen LogP contribution in [0.2, 0.25) is 5.02 Å². The van der Waals surface area contributed by atoms with Crippen molar-refractivity contribution in [1.82, 2.24) is 5.43 Å². The van der Waals surface area contributed by atoms with E-state index in [1.165, 1.54) is 43.5 Å². The molecule has 2 aromatic carbocycles. The first-order valence-electron chi connectivity index (χ1n) is 7.13. The van der Waals surface area contributed by atoms with Crippen molar-refractivity contribution >= 4 is 41.0 Å². The standard InChI is InChI=1S/C16H13ClN4O5/c1-26-14-7-6-11(8-12(14)17)19-15(22)16(23)20-18-9-10-4-2-3-5-13(10)21(24)25/h2-9H,1H3,(H,19,22)(H,20,23)/b18-9-. The minimum absolute atomic E-state index is 0.178. The number of hydrogen-bond acceptors (Lipinski definition) is 6. The average Bonchev–Trinajstić information content (AvgIpc) is 2.62. The second-order valence-corrected chi connectivity index (χ2v) is 5.23. The fourth-order valence-corrected chi connectivity index (χ4v) is 2.16. The van der Waals surface area contributed by atoms with E-state index in [9.17, 15) is 19.7 Å². The van der Waals surface area contributed by atoms with Gasteiger partial charge in [-0.05, 0) is 24.3 Å². The largest absolute Gasteiger partial charge is 0.495 e. The van der Waals surface area contributed by atoms with Crippen LogP contribution >= 0.6 is 11.6 Å². The number of nitro groups is 1. The van der Waals surface area contributed by atoms with Crippen molar-refractivity contribution in [2.24, 2.45) is 5.10 Å². The van der Waals surface area contributed by atoms with Crippen LogP contribution < -0.4 is 15.5 Å². The number of hydrazone groups is 1. The number of rotatable bonds is 5. The molecule has 0 unspecified atom stereocenters. The number of nitrogens with zero attached hydrogens (tertiary/aromatic N) is 2. The zero-order valence-corrected chi connectivity index (χ0v) is 14.2. The Kier molecular flexibility index (Phi) is 6.23. The third kappa shape index (κ3) is 4.77. The number of carbonyl (C=O) groups is 2. The molecular formula is C16H13ClN4O5. The molecule has 2 rings (SSSR count). The van der Waals surface area contributed by atoms with Gasteiger partial charge in [0.2, 0.25) is 0 Å². The number of ether oxygens (including phenoxy) is 1. The van der Waals surface area contributed by atoms with E-state index in [4.69, 9.17) is 16.3 Å². The summed E-state index contributed by atoms with van der Waals surface area (Å²) >= 11 is 5.93. The van der Waals surface area contributed by atoms with Gasteiger partial charge in [0, 0.05) is 11.8 Å². The second-order valence-electron chi connectivity index (χ2n) is 4.82. The molecule has 10 heteroatoms. The lowest BCUT2D eigenvalue weighted by molar-refractivity contribution is -0.385. The molecule has 2 N–H and O–H groups in total. The molecule has 26 heavy (non-hydrogen) atoms. The highest BCUT2D eigenvalue weighted by Gasteiger charge is 2.14. The van der Waals surface area contributed by atoms with Gasteiger partial charge in [-0.2, -0.15) is 5.10 Å². The van der Waals surface area contributed by atoms with Crippen molar-refractivity contribution in [2.45, 2.75) is 0 Å². The Morgan fingerprint density at radius 3 is 2.62 bits per heavy atom. The van der Waals surface area contributed by atoms with Gasteiger partial charge in [0.15, 0.2) is 0 Å². The Morgan fingerprint density at radius 1 is 1.23 bits per heavy atom. The van der Waals surface area contributed by atoms with E-state index in [1.54, 1.807) is 6.07 Å². The quantitative estimate of drug-likeness (QED) is 0.359. The maximum Gasteiger partial charge on any atom is 0.329 e. The monoisotopic (exact) mass is 376 g/mol. The van der Waals surface area contributed by atoms with E-state index in [2.05, 4.69) is 10.4 Å². The lowest BCUT2D eigenvalue weighted by Gasteiger charge is -2.07. The number of carbonyl (C=O) groups excluding carboxylic acids is 2. The lowest BCUT2D eigenvalue weighted by Crippen LogP contribution is -2.32. The van der Waals surface area contributed by atoms with Gasteiger partial charge in [-0.15, -0.1) is 0 Å². The number of hydrogen-bond donors (Lipinski definition) is 2. The second kappa shape index (κ2) is 8.58. The van der Waals surface area contributed by atoms with Crippen LogP contribution in [-0.2, 0) is 9.59 Å². The van der Waals surface area contributed by atoms with Crippen LogP contribution in [-0.4, -0.2) is 30.1 Å². The number of methoxy groups -OCH3 is 1. The van der Waals surface area contributed by atoms with E-state index < -0.39 is 16.7 Å². The summed E-state index contributed by atoms with van der Waals surface area (Å²) in [7, 11) is 1.45. The summed E-state index contributed by atoms with van der Waals surface area (Å²) in [4.78, 5) is 33.8. The van der Waals surface area contributed by atoms with Gasteiger partial charge in [-0.25, -0.2) is 5.43 Å². The molecule has 0 atom stereocenters. The van der Waals surface area contributed by atoms with Crippen LogP contribution in [0.4, 0.5) is 11.4 Å². The minimum Gasteiger partial charge on any atom is -0.495 e. The maximum absolute atomic E-state index is 11.8. The average molecular weight is 377 g/mol. The molecule has 0 aromatic heterocycles. The van der Waals surface area contributed by atoms with Crippen LogP contribution in [0.5, 0.6) is 5.75 Å². The molecule has 0 fully saturated rings. The van der Waals surface area contributed by atoms with E-state index in [-0.39, 0.29) is 16.3 Å². The number of benzene rings is 2. The van der Waals surface area contributed by atoms with Gasteiger partial charge in [0.1, 0.15) is 5.75 Å². The van der Waals surface area contributed by atoms with Crippen LogP contribution in [0.3, 0.4) is 0 Å². The number of para-hydroxylation sites is 1. The summed E-state index contributed by atoms with van der Waals surface area (Å²) < 4.78 is 4.98. The molecule has 0 spiro atoms. The number of anilines is 1. The molecular weight excluding hydrogens is 364 g/mol. The molecule has 0 saturated heterocycles. The van der Waals surface area contributed by atoms with Crippen LogP contribution in [0.1, 0.15) is 5.56 Å². The fourth-order valence-electron chi connectivity index (χ4n) is 1.91. The predicted molar refractivity (Wildman–Crippen MR) is 95.5 cm³/mol. The lowest BCUT2D eigenvalue weighted by atomic mass is 10.2. The summed E-state index contributed by atoms with van der Waals surface area (Å²) in [6.45, 7) is 0. The van der Waals surface area contributed by atoms with Crippen molar-refractivity contribution in [2.75, 3.05) is 12.4 Å². The number of nitrogens with one attached hydrogen (secondary N) is 2. The number of amides is 2. The first-order chi connectivity index (χ1) is 12.4. The molecule has 134 valence electrons. The van der Waals surface area contributed by atoms with Gasteiger partial charge >= 0.3 is 11.8 Å². The topological polar surface area (TPSA) is 123 Å². The van der Waals surface area contributed by atoms with Crippen molar-refractivity contribution in [3.05, 3.63) is 63.2 Å². The molecule has 0 aliphatic rings. The first kappa shape index (κ1) is 18.9. The summed E-state index contributed by atoms with van der Waals surface area (Å²) in [5.41, 5.74) is 2.29. The summed E-state index contributed by atoms with van der Waals surface area (Å²) in [5.74, 6) is -1.61. The summed E-state index contributed by atoms with van der Waals surface area (Å²) in [5, 5.41) is 17.0. The molecule has 9 nitrogen and oxygen atoms in total. The van der Waals surface area contributed by atoms with Crippen molar-refractivity contribution < 1.29 is 19.2 Å². The van der Waals surface area contributed by atoms with Gasteiger partial charge in [0.25, 0.3) is 5.69 Å². The third-order valence-electron chi connectivity index (χ3n) is 3.12. The van der Waals surface area contributed by atoms with Gasteiger partial charge < -0.3 is 10.1 Å². The molecule has 0 bridgehead atoms. The van der Waals surface area contributed by atoms with Gasteiger partial charge in [0.05, 0.1) is 28.8 Å². The number of nitro benzene ring substituents is 1. The zero-order chi connectivity index (χ0) is 19.1. The highest BCUT2D eigenvalue weighted by Crippen LogP contribution is 2.27.